The average Bonchev–Trinajstić information content (AvgIpc) is 3.20. The molecule has 9 heteroatoms. The Hall–Kier alpha value is -2.94. The standard InChI is InChI=1S/C31H41N3O5.ClH/c1-4-39-27(35)18-23-19-31(25-13-9-8-12-24(23)25)14-16-34(17-15-31)28(36)26(33-29(37)30(2,3)32)21-38-20-22-10-6-5-7-11-22;/h5-13,23,26H,4,14-21,32H2,1-3H3,(H,33,37);1H/t23-,26?;/m0./s1. The highest BCUT2D eigenvalue weighted by Crippen LogP contribution is 2.52. The van der Waals surface area contributed by atoms with Crippen molar-refractivity contribution in [3.05, 3.63) is 71.3 Å². The van der Waals surface area contributed by atoms with Gasteiger partial charge in [-0.3, -0.25) is 14.4 Å². The molecule has 8 nitrogen and oxygen atoms in total. The number of carbonyl (C=O) groups is 3. The van der Waals surface area contributed by atoms with E-state index in [1.165, 1.54) is 11.1 Å². The van der Waals surface area contributed by atoms with Crippen molar-refractivity contribution in [3.8, 4) is 0 Å². The van der Waals surface area contributed by atoms with E-state index >= 15 is 0 Å². The summed E-state index contributed by atoms with van der Waals surface area (Å²) in [6.07, 6.45) is 2.83. The summed E-state index contributed by atoms with van der Waals surface area (Å²) in [5.74, 6) is -0.611. The number of fused-ring (bicyclic) bond motifs is 2. The van der Waals surface area contributed by atoms with Crippen LogP contribution >= 0.6 is 12.4 Å². The number of carbonyl (C=O) groups excluding carboxylic acids is 3. The molecule has 1 aliphatic carbocycles. The van der Waals surface area contributed by atoms with Gasteiger partial charge in [0.15, 0.2) is 0 Å². The number of halogens is 1. The number of esters is 1. The zero-order valence-corrected chi connectivity index (χ0v) is 24.5. The molecule has 1 saturated heterocycles. The Kier molecular flexibility index (Phi) is 10.8. The molecule has 0 bridgehead atoms. The predicted molar refractivity (Wildman–Crippen MR) is 156 cm³/mol. The van der Waals surface area contributed by atoms with Gasteiger partial charge in [0.1, 0.15) is 6.04 Å². The number of nitrogens with one attached hydrogen (secondary N) is 1. The number of amides is 2. The molecule has 2 aromatic carbocycles. The van der Waals surface area contributed by atoms with E-state index < -0.39 is 17.5 Å². The lowest BCUT2D eigenvalue weighted by atomic mass is 9.73. The number of benzene rings is 2. The van der Waals surface area contributed by atoms with E-state index in [1.807, 2.05) is 48.2 Å². The minimum atomic E-state index is -1.12. The second-order valence-electron chi connectivity index (χ2n) is 11.4. The van der Waals surface area contributed by atoms with Crippen molar-refractivity contribution in [1.82, 2.24) is 10.2 Å². The Morgan fingerprint density at radius 3 is 2.38 bits per heavy atom. The molecule has 1 aliphatic heterocycles. The molecule has 3 N–H and O–H groups in total. The van der Waals surface area contributed by atoms with Crippen molar-refractivity contribution in [2.75, 3.05) is 26.3 Å². The minimum absolute atomic E-state index is 0. The van der Waals surface area contributed by atoms with Crippen molar-refractivity contribution in [2.45, 2.75) is 76.0 Å². The molecule has 2 amide bonds. The zero-order chi connectivity index (χ0) is 28.0. The Labute approximate surface area is 243 Å². The van der Waals surface area contributed by atoms with Gasteiger partial charge in [-0.2, -0.15) is 0 Å². The number of nitrogens with two attached hydrogens (primary N) is 1. The average molecular weight is 572 g/mol. The van der Waals surface area contributed by atoms with Gasteiger partial charge < -0.3 is 25.4 Å². The van der Waals surface area contributed by atoms with Crippen molar-refractivity contribution in [1.29, 1.82) is 0 Å². The van der Waals surface area contributed by atoms with Gasteiger partial charge in [-0.15, -0.1) is 12.4 Å². The molecule has 4 rings (SSSR count). The Morgan fingerprint density at radius 2 is 1.73 bits per heavy atom. The number of piperidine rings is 1. The van der Waals surface area contributed by atoms with E-state index in [4.69, 9.17) is 15.2 Å². The van der Waals surface area contributed by atoms with Crippen molar-refractivity contribution >= 4 is 30.2 Å². The zero-order valence-electron chi connectivity index (χ0n) is 23.7. The fraction of sp³-hybridized carbons (Fsp3) is 0.516. The van der Waals surface area contributed by atoms with Gasteiger partial charge in [0.25, 0.3) is 0 Å². The number of ether oxygens (including phenoxy) is 2. The summed E-state index contributed by atoms with van der Waals surface area (Å²) in [5.41, 5.74) is 8.30. The lowest BCUT2D eigenvalue weighted by Gasteiger charge is -2.41. The topological polar surface area (TPSA) is 111 Å². The van der Waals surface area contributed by atoms with Gasteiger partial charge >= 0.3 is 5.97 Å². The summed E-state index contributed by atoms with van der Waals surface area (Å²) in [6.45, 7) is 6.96. The monoisotopic (exact) mass is 571 g/mol. The molecule has 2 aliphatic rings. The highest BCUT2D eigenvalue weighted by molar-refractivity contribution is 5.91. The SMILES string of the molecule is CCOC(=O)C[C@H]1CC2(CCN(C(=O)C(COCc3ccccc3)NC(=O)C(C)(C)N)CC2)c2ccccc21.Cl. The number of likely N-dealkylation sites (tertiary alicyclic amines) is 1. The van der Waals surface area contributed by atoms with Crippen molar-refractivity contribution < 1.29 is 23.9 Å². The summed E-state index contributed by atoms with van der Waals surface area (Å²) in [7, 11) is 0. The summed E-state index contributed by atoms with van der Waals surface area (Å²) < 4.78 is 11.1. The van der Waals surface area contributed by atoms with Crippen LogP contribution in [0.5, 0.6) is 0 Å². The molecule has 1 unspecified atom stereocenters. The minimum Gasteiger partial charge on any atom is -0.466 e. The Balaban J connectivity index is 0.00000441. The Morgan fingerprint density at radius 1 is 1.07 bits per heavy atom. The van der Waals surface area contributed by atoms with E-state index in [2.05, 4.69) is 23.5 Å². The molecular formula is C31H42ClN3O5. The fourth-order valence-electron chi connectivity index (χ4n) is 5.87. The molecule has 1 fully saturated rings. The number of hydrogen-bond acceptors (Lipinski definition) is 6. The maximum Gasteiger partial charge on any atom is 0.306 e. The third-order valence-electron chi connectivity index (χ3n) is 7.94. The molecule has 40 heavy (non-hydrogen) atoms. The van der Waals surface area contributed by atoms with Crippen molar-refractivity contribution in [2.24, 2.45) is 5.73 Å². The molecule has 0 saturated carbocycles. The van der Waals surface area contributed by atoms with Gasteiger partial charge in [-0.25, -0.2) is 0 Å². The van der Waals surface area contributed by atoms with Crippen LogP contribution in [0, 0.1) is 0 Å². The van der Waals surface area contributed by atoms with Gasteiger partial charge in [-0.1, -0.05) is 54.6 Å². The maximum absolute atomic E-state index is 13.7. The van der Waals surface area contributed by atoms with Crippen molar-refractivity contribution in [3.63, 3.8) is 0 Å². The first-order valence-corrected chi connectivity index (χ1v) is 13.9. The maximum atomic E-state index is 13.7. The van der Waals surface area contributed by atoms with Crippen LogP contribution in [-0.2, 0) is 35.9 Å². The second kappa shape index (κ2) is 13.6. The van der Waals surface area contributed by atoms with Gasteiger partial charge in [0, 0.05) is 13.1 Å². The highest BCUT2D eigenvalue weighted by atomic mass is 35.5. The lowest BCUT2D eigenvalue weighted by Crippen LogP contribution is -2.59. The molecule has 218 valence electrons. The number of hydrogen-bond donors (Lipinski definition) is 2. The van der Waals surface area contributed by atoms with Crippen LogP contribution in [0.1, 0.15) is 69.1 Å². The van der Waals surface area contributed by atoms with Crippen LogP contribution in [0.2, 0.25) is 0 Å². The van der Waals surface area contributed by atoms with Gasteiger partial charge in [-0.05, 0) is 68.1 Å². The van der Waals surface area contributed by atoms with Crippen LogP contribution < -0.4 is 11.1 Å². The van der Waals surface area contributed by atoms with Gasteiger partial charge in [0.05, 0.1) is 31.8 Å². The molecule has 2 aromatic rings. The Bertz CT molecular complexity index is 1160. The van der Waals surface area contributed by atoms with Crippen LogP contribution in [-0.4, -0.2) is 60.6 Å². The quantitative estimate of drug-likeness (QED) is 0.419. The third-order valence-corrected chi connectivity index (χ3v) is 7.94. The van der Waals surface area contributed by atoms with Crippen LogP contribution in [0.15, 0.2) is 54.6 Å². The van der Waals surface area contributed by atoms with Crippen LogP contribution in [0.25, 0.3) is 0 Å². The van der Waals surface area contributed by atoms with E-state index in [0.717, 1.165) is 24.8 Å². The molecular weight excluding hydrogens is 530 g/mol. The van der Waals surface area contributed by atoms with Crippen LogP contribution in [0.4, 0.5) is 0 Å². The molecule has 1 heterocycles. The molecule has 0 aromatic heterocycles. The second-order valence-corrected chi connectivity index (χ2v) is 11.4. The molecule has 1 spiro atoms. The summed E-state index contributed by atoms with van der Waals surface area (Å²) in [4.78, 5) is 40.5. The molecule has 2 atom stereocenters. The first-order valence-electron chi connectivity index (χ1n) is 13.9. The van der Waals surface area contributed by atoms with E-state index in [1.54, 1.807) is 13.8 Å². The van der Waals surface area contributed by atoms with E-state index in [9.17, 15) is 14.4 Å². The van der Waals surface area contributed by atoms with E-state index in [0.29, 0.717) is 32.7 Å². The fourth-order valence-corrected chi connectivity index (χ4v) is 5.87. The largest absolute Gasteiger partial charge is 0.466 e. The number of nitrogens with zero attached hydrogens (tertiary/aromatic N) is 1. The third kappa shape index (κ3) is 7.42. The summed E-state index contributed by atoms with van der Waals surface area (Å²) in [6, 6.07) is 17.2. The van der Waals surface area contributed by atoms with Gasteiger partial charge in [0.2, 0.25) is 11.8 Å². The predicted octanol–water partition coefficient (Wildman–Crippen LogP) is 3.85. The summed E-state index contributed by atoms with van der Waals surface area (Å²) in [5, 5.41) is 2.83. The lowest BCUT2D eigenvalue weighted by molar-refractivity contribution is -0.143. The number of rotatable bonds is 10. The van der Waals surface area contributed by atoms with E-state index in [-0.39, 0.29) is 42.2 Å². The first-order chi connectivity index (χ1) is 18.6. The highest BCUT2D eigenvalue weighted by Gasteiger charge is 2.47. The first kappa shape index (κ1) is 31.6. The normalized spacial score (nSPS) is 18.4. The smallest absolute Gasteiger partial charge is 0.306 e. The molecule has 0 radical (unpaired) electrons. The summed E-state index contributed by atoms with van der Waals surface area (Å²) >= 11 is 0. The van der Waals surface area contributed by atoms with Crippen LogP contribution in [0.3, 0.4) is 0 Å².